The summed E-state index contributed by atoms with van der Waals surface area (Å²) in [5.74, 6) is 1.09. The van der Waals surface area contributed by atoms with E-state index in [1.807, 2.05) is 12.1 Å². The summed E-state index contributed by atoms with van der Waals surface area (Å²) < 4.78 is 8.35. The lowest BCUT2D eigenvalue weighted by Crippen LogP contribution is -2.29. The molecule has 2 heterocycles. The van der Waals surface area contributed by atoms with Crippen LogP contribution in [0.5, 0.6) is 0 Å². The van der Waals surface area contributed by atoms with E-state index in [4.69, 9.17) is 4.42 Å². The molecular formula is C21H17N2O+. The molecule has 116 valence electrons. The summed E-state index contributed by atoms with van der Waals surface area (Å²) in [5.41, 5.74) is 6.49. The summed E-state index contributed by atoms with van der Waals surface area (Å²) >= 11 is 0. The molecule has 0 spiro atoms. The van der Waals surface area contributed by atoms with Crippen molar-refractivity contribution in [3.8, 4) is 11.4 Å². The Bertz CT molecular complexity index is 1230. The van der Waals surface area contributed by atoms with Crippen molar-refractivity contribution < 1.29 is 8.98 Å². The summed E-state index contributed by atoms with van der Waals surface area (Å²) in [5, 5.41) is 2.31. The SMILES string of the molecule is Cc1ccccc1-c1[nH]c2c3oc4ccccc4c3ccc2[n+]1C. The maximum Gasteiger partial charge on any atom is 0.287 e. The molecule has 0 amide bonds. The normalized spacial score (nSPS) is 11.8. The summed E-state index contributed by atoms with van der Waals surface area (Å²) in [6.45, 7) is 2.14. The van der Waals surface area contributed by atoms with Crippen LogP contribution in [0, 0.1) is 6.92 Å². The number of aromatic nitrogens is 2. The van der Waals surface area contributed by atoms with E-state index in [0.29, 0.717) is 0 Å². The first-order valence-corrected chi connectivity index (χ1v) is 8.12. The Morgan fingerprint density at radius 1 is 0.875 bits per heavy atom. The van der Waals surface area contributed by atoms with E-state index in [2.05, 4.69) is 72.1 Å². The van der Waals surface area contributed by atoms with Gasteiger partial charge in [0.2, 0.25) is 5.52 Å². The summed E-state index contributed by atoms with van der Waals surface area (Å²) in [7, 11) is 2.09. The van der Waals surface area contributed by atoms with Gasteiger partial charge in [0, 0.05) is 10.8 Å². The lowest BCUT2D eigenvalue weighted by Gasteiger charge is -1.99. The zero-order chi connectivity index (χ0) is 16.3. The van der Waals surface area contributed by atoms with Gasteiger partial charge in [-0.1, -0.05) is 36.4 Å². The van der Waals surface area contributed by atoms with Gasteiger partial charge in [0.05, 0.1) is 12.6 Å². The number of hydrogen-bond donors (Lipinski definition) is 1. The quantitative estimate of drug-likeness (QED) is 0.440. The number of nitrogens with zero attached hydrogens (tertiary/aromatic N) is 1. The molecule has 3 heteroatoms. The second-order valence-corrected chi connectivity index (χ2v) is 6.28. The average Bonchev–Trinajstić information content (AvgIpc) is 3.14. The fourth-order valence-corrected chi connectivity index (χ4v) is 3.59. The zero-order valence-electron chi connectivity index (χ0n) is 13.6. The monoisotopic (exact) mass is 313 g/mol. The molecular weight excluding hydrogens is 296 g/mol. The van der Waals surface area contributed by atoms with Crippen LogP contribution < -0.4 is 4.57 Å². The van der Waals surface area contributed by atoms with Gasteiger partial charge in [0.15, 0.2) is 11.1 Å². The van der Waals surface area contributed by atoms with E-state index in [1.54, 1.807) is 0 Å². The van der Waals surface area contributed by atoms with Crippen molar-refractivity contribution in [3.05, 3.63) is 66.2 Å². The third-order valence-electron chi connectivity index (χ3n) is 4.87. The van der Waals surface area contributed by atoms with Crippen molar-refractivity contribution in [1.82, 2.24) is 4.98 Å². The van der Waals surface area contributed by atoms with E-state index >= 15 is 0 Å². The van der Waals surface area contributed by atoms with E-state index in [1.165, 1.54) is 11.1 Å². The predicted octanol–water partition coefficient (Wildman–Crippen LogP) is 4.87. The van der Waals surface area contributed by atoms with Crippen molar-refractivity contribution in [2.75, 3.05) is 0 Å². The number of aryl methyl sites for hydroxylation is 2. The molecule has 0 aliphatic carbocycles. The Labute approximate surface area is 139 Å². The maximum atomic E-state index is 6.16. The first kappa shape index (κ1) is 13.4. The Kier molecular flexibility index (Phi) is 2.63. The molecule has 0 fully saturated rings. The van der Waals surface area contributed by atoms with Crippen molar-refractivity contribution in [2.24, 2.45) is 7.05 Å². The number of nitrogens with one attached hydrogen (secondary N) is 1. The minimum atomic E-state index is 0.920. The highest BCUT2D eigenvalue weighted by Crippen LogP contribution is 2.33. The van der Waals surface area contributed by atoms with E-state index < -0.39 is 0 Å². The molecule has 5 rings (SSSR count). The highest BCUT2D eigenvalue weighted by atomic mass is 16.3. The van der Waals surface area contributed by atoms with Gasteiger partial charge in [-0.2, -0.15) is 0 Å². The highest BCUT2D eigenvalue weighted by Gasteiger charge is 2.22. The molecule has 0 aliphatic rings. The molecule has 0 bridgehead atoms. The first-order chi connectivity index (χ1) is 11.7. The van der Waals surface area contributed by atoms with Crippen LogP contribution in [0.3, 0.4) is 0 Å². The van der Waals surface area contributed by atoms with Gasteiger partial charge in [-0.15, -0.1) is 0 Å². The Morgan fingerprint density at radius 2 is 1.67 bits per heavy atom. The summed E-state index contributed by atoms with van der Waals surface area (Å²) in [6, 6.07) is 20.9. The largest absolute Gasteiger partial charge is 0.451 e. The Morgan fingerprint density at radius 3 is 2.54 bits per heavy atom. The number of furan rings is 1. The van der Waals surface area contributed by atoms with Crippen LogP contribution in [0.15, 0.2) is 65.1 Å². The van der Waals surface area contributed by atoms with Crippen LogP contribution in [0.2, 0.25) is 0 Å². The van der Waals surface area contributed by atoms with Gasteiger partial charge in [-0.3, -0.25) is 0 Å². The van der Waals surface area contributed by atoms with Crippen LogP contribution in [0.25, 0.3) is 44.4 Å². The Hall–Kier alpha value is -3.07. The molecule has 0 radical (unpaired) electrons. The molecule has 2 aromatic heterocycles. The minimum absolute atomic E-state index is 0.920. The molecule has 1 N–H and O–H groups in total. The molecule has 0 saturated heterocycles. The fourth-order valence-electron chi connectivity index (χ4n) is 3.59. The van der Waals surface area contributed by atoms with Crippen LogP contribution in [0.1, 0.15) is 5.56 Å². The third kappa shape index (κ3) is 1.69. The highest BCUT2D eigenvalue weighted by molar-refractivity contribution is 6.12. The van der Waals surface area contributed by atoms with Gasteiger partial charge in [-0.05, 0) is 36.8 Å². The predicted molar refractivity (Wildman–Crippen MR) is 96.9 cm³/mol. The van der Waals surface area contributed by atoms with Crippen LogP contribution in [-0.2, 0) is 7.05 Å². The van der Waals surface area contributed by atoms with Gasteiger partial charge in [0.1, 0.15) is 5.58 Å². The van der Waals surface area contributed by atoms with Gasteiger partial charge in [0.25, 0.3) is 5.82 Å². The summed E-state index contributed by atoms with van der Waals surface area (Å²) in [4.78, 5) is 3.59. The van der Waals surface area contributed by atoms with Gasteiger partial charge in [-0.25, -0.2) is 9.55 Å². The number of rotatable bonds is 1. The molecule has 3 aromatic carbocycles. The van der Waals surface area contributed by atoms with E-state index in [0.717, 1.165) is 38.8 Å². The third-order valence-corrected chi connectivity index (χ3v) is 4.87. The molecule has 3 nitrogen and oxygen atoms in total. The standard InChI is InChI=1S/C21H16N2O/c1-13-7-3-4-8-14(13)21-22-19-17(23(21)2)12-11-16-15-9-5-6-10-18(15)24-20(16)19/h3-12H,1-2H3/p+1. The zero-order valence-corrected chi connectivity index (χ0v) is 13.6. The maximum absolute atomic E-state index is 6.16. The van der Waals surface area contributed by atoms with E-state index in [-0.39, 0.29) is 0 Å². The number of fused-ring (bicyclic) bond motifs is 5. The Balaban J connectivity index is 1.91. The van der Waals surface area contributed by atoms with Crippen LogP contribution >= 0.6 is 0 Å². The average molecular weight is 313 g/mol. The van der Waals surface area contributed by atoms with Crippen molar-refractivity contribution in [2.45, 2.75) is 6.92 Å². The smallest absolute Gasteiger partial charge is 0.287 e. The van der Waals surface area contributed by atoms with Crippen molar-refractivity contribution in [1.29, 1.82) is 0 Å². The lowest BCUT2D eigenvalue weighted by molar-refractivity contribution is -0.633. The minimum Gasteiger partial charge on any atom is -0.451 e. The van der Waals surface area contributed by atoms with Gasteiger partial charge < -0.3 is 4.42 Å². The summed E-state index contributed by atoms with van der Waals surface area (Å²) in [6.07, 6.45) is 0. The van der Waals surface area contributed by atoms with Crippen LogP contribution in [-0.4, -0.2) is 4.98 Å². The van der Waals surface area contributed by atoms with Crippen LogP contribution in [0.4, 0.5) is 0 Å². The number of H-pyrrole nitrogens is 1. The molecule has 0 saturated carbocycles. The second-order valence-electron chi connectivity index (χ2n) is 6.28. The second kappa shape index (κ2) is 4.71. The fraction of sp³-hybridized carbons (Fsp3) is 0.0952. The lowest BCUT2D eigenvalue weighted by atomic mass is 10.1. The van der Waals surface area contributed by atoms with Gasteiger partial charge >= 0.3 is 0 Å². The van der Waals surface area contributed by atoms with Crippen molar-refractivity contribution in [3.63, 3.8) is 0 Å². The van der Waals surface area contributed by atoms with E-state index in [9.17, 15) is 0 Å². The molecule has 0 aliphatic heterocycles. The topological polar surface area (TPSA) is 32.8 Å². The van der Waals surface area contributed by atoms with Crippen molar-refractivity contribution >= 4 is 33.0 Å². The number of aromatic amines is 1. The number of benzene rings is 3. The molecule has 5 aromatic rings. The molecule has 0 atom stereocenters. The number of hydrogen-bond acceptors (Lipinski definition) is 1. The number of imidazole rings is 1. The molecule has 24 heavy (non-hydrogen) atoms. The molecule has 0 unspecified atom stereocenters. The first-order valence-electron chi connectivity index (χ1n) is 8.12. The number of para-hydroxylation sites is 1.